The number of hydrogen-bond acceptors (Lipinski definition) is 8. The first-order valence-electron chi connectivity index (χ1n) is 1.46. The zero-order valence-electron chi connectivity index (χ0n) is 6.73. The van der Waals surface area contributed by atoms with Crippen LogP contribution in [-0.4, -0.2) is 0 Å². The fraction of sp³-hybridized carbons (Fsp3) is 0. The van der Waals surface area contributed by atoms with Crippen LogP contribution in [0.1, 0.15) is 0 Å². The topological polar surface area (TPSA) is 258 Å². The van der Waals surface area contributed by atoms with Crippen molar-refractivity contribution in [2.24, 2.45) is 0 Å². The van der Waals surface area contributed by atoms with Gasteiger partial charge in [0, 0.05) is 0 Å². The minimum atomic E-state index is -5.39. The van der Waals surface area contributed by atoms with Crippen molar-refractivity contribution in [2.75, 3.05) is 0 Å². The van der Waals surface area contributed by atoms with E-state index in [0.29, 0.717) is 0 Å². The normalized spacial score (nSPS) is 7.38. The standard InChI is InChI=1S/2H3O4P.3O.3V/c2*1-5(2,3)4;;;;;;/h2*(H3,1,2,3,4);;;;;;/q;;3*-2;3*+4/p-6. The molecule has 0 aliphatic rings. The molecule has 16 heteroatoms. The molecule has 0 saturated carbocycles. The molecule has 0 aromatic carbocycles. The Bertz CT molecular complexity index is 132. The molecule has 0 aliphatic carbocycles. The Balaban J connectivity index is -0.00000000970. The van der Waals surface area contributed by atoms with Crippen LogP contribution >= 0.6 is 15.6 Å². The minimum Gasteiger partial charge on any atom is -2.00 e. The smallest absolute Gasteiger partial charge is 2.00 e. The first kappa shape index (κ1) is 52.2. The maximum absolute atomic E-state index is 8.55. The summed E-state index contributed by atoms with van der Waals surface area (Å²) in [6.07, 6.45) is 0. The van der Waals surface area contributed by atoms with Crippen molar-refractivity contribution in [3.05, 3.63) is 0 Å². The Hall–Kier alpha value is 1.85. The van der Waals surface area contributed by atoms with Gasteiger partial charge in [0.05, 0.1) is 0 Å². The van der Waals surface area contributed by atoms with E-state index in [1.807, 2.05) is 0 Å². The quantitative estimate of drug-likeness (QED) is 0.358. The predicted octanol–water partition coefficient (Wildman–Crippen LogP) is -6.01. The van der Waals surface area contributed by atoms with Gasteiger partial charge < -0.3 is 54.9 Å². The Labute approximate surface area is 126 Å². The molecular formula is O11P2V3. The molecule has 0 unspecified atom stereocenters. The van der Waals surface area contributed by atoms with Crippen molar-refractivity contribution < 1.29 is 111 Å². The van der Waals surface area contributed by atoms with Gasteiger partial charge in [-0.1, -0.05) is 0 Å². The van der Waals surface area contributed by atoms with E-state index < -0.39 is 15.6 Å². The van der Waals surface area contributed by atoms with Gasteiger partial charge >= 0.3 is 55.7 Å². The molecule has 0 atom stereocenters. The first-order valence-corrected chi connectivity index (χ1v) is 4.38. The molecule has 0 amide bonds. The van der Waals surface area contributed by atoms with Gasteiger partial charge in [-0.05, 0) is 0 Å². The zero-order chi connectivity index (χ0) is 9.00. The van der Waals surface area contributed by atoms with E-state index in [4.69, 9.17) is 38.5 Å². The second-order valence-corrected chi connectivity index (χ2v) is 2.68. The minimum absolute atomic E-state index is 0. The molecule has 0 aromatic rings. The van der Waals surface area contributed by atoms with Crippen molar-refractivity contribution >= 4 is 15.6 Å². The maximum atomic E-state index is 8.55. The van der Waals surface area contributed by atoms with E-state index >= 15 is 0 Å². The maximum Gasteiger partial charge on any atom is 4.00 e. The van der Waals surface area contributed by atoms with E-state index in [9.17, 15) is 0 Å². The van der Waals surface area contributed by atoms with Crippen molar-refractivity contribution in [1.82, 2.24) is 0 Å². The largest absolute Gasteiger partial charge is 4.00 e. The number of hydrogen-bond donors (Lipinski definition) is 0. The predicted molar refractivity (Wildman–Crippen MR) is 17.3 cm³/mol. The summed E-state index contributed by atoms with van der Waals surface area (Å²) in [4.78, 5) is 51.3. The van der Waals surface area contributed by atoms with Crippen LogP contribution in [-0.2, 0) is 81.2 Å². The molecule has 0 fully saturated rings. The van der Waals surface area contributed by atoms with Crippen LogP contribution in [0.4, 0.5) is 0 Å². The Kier molecular flexibility index (Phi) is 72.0. The molecule has 0 saturated heterocycles. The van der Waals surface area contributed by atoms with Crippen molar-refractivity contribution in [3.8, 4) is 0 Å². The Morgan fingerprint density at radius 2 is 0.500 bits per heavy atom. The molecule has 0 rings (SSSR count). The molecule has 0 heterocycles. The summed E-state index contributed by atoms with van der Waals surface area (Å²) in [5, 5.41) is 0. The molecule has 0 spiro atoms. The summed E-state index contributed by atoms with van der Waals surface area (Å²) in [5.74, 6) is 0. The van der Waals surface area contributed by atoms with E-state index in [1.165, 1.54) is 0 Å². The summed E-state index contributed by atoms with van der Waals surface area (Å²) in [7, 11) is -10.8. The van der Waals surface area contributed by atoms with Crippen LogP contribution in [0.3, 0.4) is 0 Å². The molecular weight excluding hydrogens is 391 g/mol. The fourth-order valence-electron chi connectivity index (χ4n) is 0. The average Bonchev–Trinajstić information content (AvgIpc) is 1.12. The molecule has 0 bridgehead atoms. The van der Waals surface area contributed by atoms with Crippen molar-refractivity contribution in [2.45, 2.75) is 0 Å². The van der Waals surface area contributed by atoms with Crippen LogP contribution in [0.5, 0.6) is 0 Å². The number of rotatable bonds is 0. The monoisotopic (exact) mass is 391 g/mol. The van der Waals surface area contributed by atoms with Gasteiger partial charge in [0.15, 0.2) is 0 Å². The third-order valence-electron chi connectivity index (χ3n) is 0. The third-order valence-corrected chi connectivity index (χ3v) is 0. The first-order chi connectivity index (χ1) is 4.00. The summed E-state index contributed by atoms with van der Waals surface area (Å²) in [6.45, 7) is 0. The summed E-state index contributed by atoms with van der Waals surface area (Å²) in [6, 6.07) is 0. The summed E-state index contributed by atoms with van der Waals surface area (Å²) >= 11 is 0. The number of phosphoric acid groups is 2. The second kappa shape index (κ2) is 22.1. The summed E-state index contributed by atoms with van der Waals surface area (Å²) in [5.41, 5.74) is 0. The van der Waals surface area contributed by atoms with Crippen LogP contribution < -0.4 is 29.4 Å². The second-order valence-electron chi connectivity index (χ2n) is 0.894. The van der Waals surface area contributed by atoms with E-state index in [2.05, 4.69) is 0 Å². The summed E-state index contributed by atoms with van der Waals surface area (Å²) < 4.78 is 17.1. The van der Waals surface area contributed by atoms with Crippen molar-refractivity contribution in [3.63, 3.8) is 0 Å². The van der Waals surface area contributed by atoms with Gasteiger partial charge in [-0.3, -0.25) is 0 Å². The van der Waals surface area contributed by atoms with Gasteiger partial charge in [-0.15, -0.1) is 0 Å². The molecule has 0 aliphatic heterocycles. The van der Waals surface area contributed by atoms with E-state index in [1.54, 1.807) is 0 Å². The van der Waals surface area contributed by atoms with E-state index in [-0.39, 0.29) is 72.1 Å². The van der Waals surface area contributed by atoms with Gasteiger partial charge in [0.25, 0.3) is 0 Å². The van der Waals surface area contributed by atoms with Gasteiger partial charge in [-0.2, -0.15) is 15.6 Å². The molecule has 0 N–H and O–H groups in total. The van der Waals surface area contributed by atoms with Crippen LogP contribution in [0, 0.1) is 0 Å². The van der Waals surface area contributed by atoms with Crippen molar-refractivity contribution in [1.29, 1.82) is 0 Å². The molecule has 16 heavy (non-hydrogen) atoms. The van der Waals surface area contributed by atoms with Gasteiger partial charge in [0.1, 0.15) is 0 Å². The molecule has 0 aromatic heterocycles. The Morgan fingerprint density at radius 3 is 0.500 bits per heavy atom. The van der Waals surface area contributed by atoms with Gasteiger partial charge in [-0.25, -0.2) is 0 Å². The van der Waals surface area contributed by atoms with Crippen LogP contribution in [0.15, 0.2) is 0 Å². The van der Waals surface area contributed by atoms with Crippen LogP contribution in [0.2, 0.25) is 0 Å². The molecule has 11 nitrogen and oxygen atoms in total. The zero-order valence-corrected chi connectivity index (χ0v) is 12.7. The van der Waals surface area contributed by atoms with Gasteiger partial charge in [0.2, 0.25) is 0 Å². The molecule has 3 radical (unpaired) electrons. The fourth-order valence-corrected chi connectivity index (χ4v) is 0. The third kappa shape index (κ3) is 1020. The average molecular weight is 391 g/mol. The Morgan fingerprint density at radius 1 is 0.500 bits per heavy atom. The SMILES string of the molecule is O=P([O-])([O-])[O-].O=P([O-])([O-])[O-].[O-2].[O-2].[O-2].[V+4].[V+4].[V+4]. The van der Waals surface area contributed by atoms with Crippen LogP contribution in [0.25, 0.3) is 0 Å². The molecule has 91 valence electrons. The van der Waals surface area contributed by atoms with E-state index in [0.717, 1.165) is 0 Å².